The van der Waals surface area contributed by atoms with Crippen LogP contribution in [-0.2, 0) is 13.0 Å². The Hall–Kier alpha value is -1.36. The van der Waals surface area contributed by atoms with Crippen molar-refractivity contribution in [2.45, 2.75) is 26.8 Å². The quantitative estimate of drug-likeness (QED) is 0.407. The van der Waals surface area contributed by atoms with E-state index in [2.05, 4.69) is 38.3 Å². The van der Waals surface area contributed by atoms with E-state index < -0.39 is 0 Å². The van der Waals surface area contributed by atoms with Gasteiger partial charge < -0.3 is 19.5 Å². The molecule has 0 aliphatic carbocycles. The van der Waals surface area contributed by atoms with Crippen molar-refractivity contribution in [1.29, 1.82) is 0 Å². The van der Waals surface area contributed by atoms with Gasteiger partial charge >= 0.3 is 0 Å². The van der Waals surface area contributed by atoms with Crippen LogP contribution in [0, 0.1) is 0 Å². The fourth-order valence-electron chi connectivity index (χ4n) is 2.60. The van der Waals surface area contributed by atoms with Gasteiger partial charge in [0.1, 0.15) is 5.82 Å². The molecule has 1 saturated heterocycles. The molecule has 1 fully saturated rings. The summed E-state index contributed by atoms with van der Waals surface area (Å²) in [7, 11) is 0. The lowest BCUT2D eigenvalue weighted by atomic mass is 10.3. The van der Waals surface area contributed by atoms with Crippen molar-refractivity contribution >= 4 is 46.6 Å². The van der Waals surface area contributed by atoms with Crippen molar-refractivity contribution in [3.63, 3.8) is 0 Å². The Morgan fingerprint density at radius 2 is 2.12 bits per heavy atom. The Balaban J connectivity index is 0.00000225. The maximum absolute atomic E-state index is 5.10. The highest BCUT2D eigenvalue weighted by Gasteiger charge is 2.22. The van der Waals surface area contributed by atoms with Crippen LogP contribution in [0.3, 0.4) is 0 Å². The molecule has 3 rings (SSSR count). The molecule has 25 heavy (non-hydrogen) atoms. The molecule has 0 atom stereocenters. The number of hydrogen-bond donors (Lipinski definition) is 1. The first kappa shape index (κ1) is 20.0. The number of rotatable bonds is 5. The first-order chi connectivity index (χ1) is 11.8. The van der Waals surface area contributed by atoms with Crippen molar-refractivity contribution in [3.8, 4) is 0 Å². The average Bonchev–Trinajstić information content (AvgIpc) is 3.30. The monoisotopic (exact) mass is 476 g/mol. The van der Waals surface area contributed by atoms with Crippen LogP contribution in [0.15, 0.2) is 28.0 Å². The van der Waals surface area contributed by atoms with E-state index in [1.807, 2.05) is 6.07 Å². The van der Waals surface area contributed by atoms with Crippen LogP contribution < -0.4 is 10.2 Å². The van der Waals surface area contributed by atoms with Gasteiger partial charge in [-0.1, -0.05) is 6.92 Å². The highest BCUT2D eigenvalue weighted by molar-refractivity contribution is 14.0. The van der Waals surface area contributed by atoms with Crippen molar-refractivity contribution in [3.05, 3.63) is 30.0 Å². The number of aliphatic imine (C=N–C) groups is 1. The van der Waals surface area contributed by atoms with E-state index in [9.17, 15) is 0 Å². The van der Waals surface area contributed by atoms with Gasteiger partial charge in [-0.15, -0.1) is 24.0 Å². The number of hydrogen-bond acceptors (Lipinski definition) is 6. The highest BCUT2D eigenvalue weighted by Crippen LogP contribution is 2.19. The zero-order valence-electron chi connectivity index (χ0n) is 14.6. The zero-order valence-corrected chi connectivity index (χ0v) is 17.8. The van der Waals surface area contributed by atoms with Crippen LogP contribution >= 0.6 is 35.5 Å². The van der Waals surface area contributed by atoms with Crippen LogP contribution in [0.1, 0.15) is 25.2 Å². The Morgan fingerprint density at radius 1 is 1.32 bits per heavy atom. The number of nitrogens with zero attached hydrogens (tertiary/aromatic N) is 5. The van der Waals surface area contributed by atoms with E-state index in [1.54, 1.807) is 12.5 Å². The van der Waals surface area contributed by atoms with Crippen LogP contribution in [0.4, 0.5) is 5.13 Å². The second-order valence-electron chi connectivity index (χ2n) is 5.62. The summed E-state index contributed by atoms with van der Waals surface area (Å²) in [6.45, 7) is 9.41. The molecular formula is C16H25IN6OS. The lowest BCUT2D eigenvalue weighted by Gasteiger charge is -2.36. The van der Waals surface area contributed by atoms with E-state index >= 15 is 0 Å². The van der Waals surface area contributed by atoms with E-state index in [4.69, 9.17) is 9.41 Å². The number of anilines is 1. The van der Waals surface area contributed by atoms with Crippen molar-refractivity contribution in [2.75, 3.05) is 37.6 Å². The van der Waals surface area contributed by atoms with Gasteiger partial charge in [0, 0.05) is 56.2 Å². The standard InChI is InChI=1S/C16H24N6OS.HI/c1-3-14-19-16(24-20-14)22-8-6-21(7-9-22)15(17-4-2)18-11-13-5-10-23-12-13;/h5,10,12H,3-4,6-9,11H2,1-2H3,(H,17,18);1H. The molecule has 138 valence electrons. The van der Waals surface area contributed by atoms with Gasteiger partial charge in [0.15, 0.2) is 5.96 Å². The van der Waals surface area contributed by atoms with Crippen molar-refractivity contribution in [2.24, 2.45) is 4.99 Å². The molecule has 0 spiro atoms. The largest absolute Gasteiger partial charge is 0.472 e. The molecule has 7 nitrogen and oxygen atoms in total. The summed E-state index contributed by atoms with van der Waals surface area (Å²) in [5.41, 5.74) is 1.09. The number of guanidine groups is 1. The summed E-state index contributed by atoms with van der Waals surface area (Å²) < 4.78 is 9.49. The minimum absolute atomic E-state index is 0. The summed E-state index contributed by atoms with van der Waals surface area (Å²) >= 11 is 1.50. The SMILES string of the molecule is CCNC(=NCc1ccoc1)N1CCN(c2nc(CC)ns2)CC1.I. The molecule has 2 aromatic rings. The minimum Gasteiger partial charge on any atom is -0.472 e. The Morgan fingerprint density at radius 3 is 2.72 bits per heavy atom. The number of nitrogens with one attached hydrogen (secondary N) is 1. The molecule has 1 aliphatic rings. The first-order valence-electron chi connectivity index (χ1n) is 8.42. The molecule has 2 aromatic heterocycles. The van der Waals surface area contributed by atoms with Gasteiger partial charge in [-0.25, -0.2) is 9.98 Å². The zero-order chi connectivity index (χ0) is 16.8. The second kappa shape index (κ2) is 9.95. The topological polar surface area (TPSA) is 69.8 Å². The predicted octanol–water partition coefficient (Wildman–Crippen LogP) is 2.60. The fraction of sp³-hybridized carbons (Fsp3) is 0.562. The third-order valence-corrected chi connectivity index (χ3v) is 4.76. The maximum atomic E-state index is 5.10. The lowest BCUT2D eigenvalue weighted by molar-refractivity contribution is 0.372. The molecular weight excluding hydrogens is 451 g/mol. The summed E-state index contributed by atoms with van der Waals surface area (Å²) in [6, 6.07) is 1.95. The Bertz CT molecular complexity index is 651. The molecule has 0 radical (unpaired) electrons. The number of halogens is 1. The first-order valence-corrected chi connectivity index (χ1v) is 9.19. The summed E-state index contributed by atoms with van der Waals surface area (Å²) in [6.07, 6.45) is 4.32. The Kier molecular flexibility index (Phi) is 7.94. The van der Waals surface area contributed by atoms with Crippen LogP contribution in [-0.4, -0.2) is 52.9 Å². The second-order valence-corrected chi connectivity index (χ2v) is 6.35. The van der Waals surface area contributed by atoms with Crippen LogP contribution in [0.2, 0.25) is 0 Å². The van der Waals surface area contributed by atoms with Crippen LogP contribution in [0.25, 0.3) is 0 Å². The maximum Gasteiger partial charge on any atom is 0.205 e. The van der Waals surface area contributed by atoms with Crippen molar-refractivity contribution < 1.29 is 4.42 Å². The van der Waals surface area contributed by atoms with Crippen LogP contribution in [0.5, 0.6) is 0 Å². The third kappa shape index (κ3) is 5.30. The number of piperazine rings is 1. The summed E-state index contributed by atoms with van der Waals surface area (Å²) in [5, 5.41) is 4.42. The van der Waals surface area contributed by atoms with Gasteiger partial charge in [0.25, 0.3) is 0 Å². The number of furan rings is 1. The predicted molar refractivity (Wildman–Crippen MR) is 112 cm³/mol. The van der Waals surface area contributed by atoms with E-state index in [1.165, 1.54) is 11.5 Å². The van der Waals surface area contributed by atoms with E-state index in [0.29, 0.717) is 6.54 Å². The number of aromatic nitrogens is 2. The molecule has 1 N–H and O–H groups in total. The molecule has 0 amide bonds. The van der Waals surface area contributed by atoms with Gasteiger partial charge in [0.05, 0.1) is 19.1 Å². The smallest absolute Gasteiger partial charge is 0.205 e. The Labute approximate surface area is 169 Å². The van der Waals surface area contributed by atoms with Gasteiger partial charge in [-0.2, -0.15) is 4.37 Å². The minimum atomic E-state index is 0. The highest BCUT2D eigenvalue weighted by atomic mass is 127. The van der Waals surface area contributed by atoms with Gasteiger partial charge in [-0.05, 0) is 13.0 Å². The molecule has 3 heterocycles. The summed E-state index contributed by atoms with van der Waals surface area (Å²) in [5.74, 6) is 1.90. The van der Waals surface area contributed by atoms with Crippen molar-refractivity contribution in [1.82, 2.24) is 19.6 Å². The molecule has 9 heteroatoms. The van der Waals surface area contributed by atoms with E-state index in [-0.39, 0.29) is 24.0 Å². The normalized spacial score (nSPS) is 15.2. The lowest BCUT2D eigenvalue weighted by Crippen LogP contribution is -2.52. The van der Waals surface area contributed by atoms with Gasteiger partial charge in [0.2, 0.25) is 5.13 Å². The molecule has 1 aliphatic heterocycles. The van der Waals surface area contributed by atoms with E-state index in [0.717, 1.165) is 61.6 Å². The summed E-state index contributed by atoms with van der Waals surface area (Å²) in [4.78, 5) is 13.9. The molecule has 0 aromatic carbocycles. The average molecular weight is 476 g/mol. The van der Waals surface area contributed by atoms with Gasteiger partial charge in [-0.3, -0.25) is 0 Å². The number of aryl methyl sites for hydroxylation is 1. The third-order valence-electron chi connectivity index (χ3n) is 3.95. The fourth-order valence-corrected chi connectivity index (χ4v) is 3.40. The molecule has 0 unspecified atom stereocenters. The molecule has 0 bridgehead atoms. The molecule has 0 saturated carbocycles.